The molecule has 0 saturated heterocycles. The molecule has 6 heteroatoms. The quantitative estimate of drug-likeness (QED) is 0.783. The van der Waals surface area contributed by atoms with Crippen molar-refractivity contribution in [3.63, 3.8) is 0 Å². The minimum atomic E-state index is 0.189. The standard InChI is InChI=1S/C18H24N6/c19-14-4-1-2-5-16(14)23-18-10-13(11-20-24-18)21-17-7-3-6-15(22-17)12-8-9-12/h3,6-7,10-12,14,16H,1-2,4-5,8-9,19H2,(H2,21,22,23,24)/t14-,16+/m0/s1. The summed E-state index contributed by atoms with van der Waals surface area (Å²) in [4.78, 5) is 4.69. The Bertz CT molecular complexity index is 699. The Morgan fingerprint density at radius 1 is 1.04 bits per heavy atom. The van der Waals surface area contributed by atoms with E-state index in [1.807, 2.05) is 12.1 Å². The van der Waals surface area contributed by atoms with Gasteiger partial charge in [-0.3, -0.25) is 0 Å². The van der Waals surface area contributed by atoms with Crippen LogP contribution < -0.4 is 16.4 Å². The van der Waals surface area contributed by atoms with Crippen LogP contribution in [0.2, 0.25) is 0 Å². The molecule has 126 valence electrons. The molecule has 2 aromatic rings. The highest BCUT2D eigenvalue weighted by Gasteiger charge is 2.25. The molecule has 2 saturated carbocycles. The van der Waals surface area contributed by atoms with Crippen molar-refractivity contribution < 1.29 is 0 Å². The van der Waals surface area contributed by atoms with Crippen molar-refractivity contribution in [2.45, 2.75) is 56.5 Å². The number of hydrogen-bond donors (Lipinski definition) is 3. The van der Waals surface area contributed by atoms with Crippen molar-refractivity contribution in [3.05, 3.63) is 36.2 Å². The minimum Gasteiger partial charge on any atom is -0.364 e. The first kappa shape index (κ1) is 15.3. The van der Waals surface area contributed by atoms with Gasteiger partial charge in [-0.2, -0.15) is 5.10 Å². The van der Waals surface area contributed by atoms with E-state index in [9.17, 15) is 0 Å². The zero-order valence-corrected chi connectivity index (χ0v) is 13.8. The Balaban J connectivity index is 1.45. The van der Waals surface area contributed by atoms with Crippen LogP contribution in [0.15, 0.2) is 30.5 Å². The Morgan fingerprint density at radius 3 is 2.75 bits per heavy atom. The van der Waals surface area contributed by atoms with E-state index in [2.05, 4.69) is 37.9 Å². The Labute approximate surface area is 142 Å². The number of nitrogens with one attached hydrogen (secondary N) is 2. The van der Waals surface area contributed by atoms with Crippen LogP contribution in [-0.2, 0) is 0 Å². The number of aromatic nitrogens is 3. The molecular weight excluding hydrogens is 300 g/mol. The Hall–Kier alpha value is -2.21. The van der Waals surface area contributed by atoms with Gasteiger partial charge in [-0.15, -0.1) is 5.10 Å². The smallest absolute Gasteiger partial charge is 0.150 e. The van der Waals surface area contributed by atoms with Gasteiger partial charge < -0.3 is 16.4 Å². The molecule has 2 aliphatic rings. The van der Waals surface area contributed by atoms with Crippen LogP contribution in [0.25, 0.3) is 0 Å². The van der Waals surface area contributed by atoms with Crippen LogP contribution in [0.1, 0.15) is 50.1 Å². The molecule has 0 unspecified atom stereocenters. The SMILES string of the molecule is N[C@H]1CCCC[C@H]1Nc1cc(Nc2cccc(C3CC3)n2)cnn1. The molecule has 0 amide bonds. The first-order valence-electron chi connectivity index (χ1n) is 8.87. The average molecular weight is 324 g/mol. The van der Waals surface area contributed by atoms with Crippen LogP contribution in [0, 0.1) is 0 Å². The van der Waals surface area contributed by atoms with E-state index in [1.165, 1.54) is 31.4 Å². The topological polar surface area (TPSA) is 88.8 Å². The number of pyridine rings is 1. The minimum absolute atomic E-state index is 0.189. The van der Waals surface area contributed by atoms with Crippen molar-refractivity contribution in [1.29, 1.82) is 0 Å². The summed E-state index contributed by atoms with van der Waals surface area (Å²) in [7, 11) is 0. The molecule has 0 aromatic carbocycles. The summed E-state index contributed by atoms with van der Waals surface area (Å²) in [6.45, 7) is 0. The normalized spacial score (nSPS) is 23.7. The molecule has 2 aromatic heterocycles. The lowest BCUT2D eigenvalue weighted by atomic mass is 9.91. The predicted octanol–water partition coefficient (Wildman–Crippen LogP) is 3.17. The second kappa shape index (κ2) is 6.73. The Morgan fingerprint density at radius 2 is 1.92 bits per heavy atom. The molecule has 0 radical (unpaired) electrons. The first-order chi connectivity index (χ1) is 11.8. The molecule has 0 spiro atoms. The summed E-state index contributed by atoms with van der Waals surface area (Å²) >= 11 is 0. The molecule has 2 atom stereocenters. The lowest BCUT2D eigenvalue weighted by Crippen LogP contribution is -2.42. The molecule has 4 N–H and O–H groups in total. The third kappa shape index (κ3) is 3.64. The molecule has 4 rings (SSSR count). The van der Waals surface area contributed by atoms with Gasteiger partial charge in [0.1, 0.15) is 5.82 Å². The van der Waals surface area contributed by atoms with Gasteiger partial charge in [0.2, 0.25) is 0 Å². The lowest BCUT2D eigenvalue weighted by Gasteiger charge is -2.29. The van der Waals surface area contributed by atoms with Crippen molar-refractivity contribution in [3.8, 4) is 0 Å². The van der Waals surface area contributed by atoms with Crippen LogP contribution in [0.4, 0.5) is 17.3 Å². The average Bonchev–Trinajstić information content (AvgIpc) is 3.43. The van der Waals surface area contributed by atoms with Crippen LogP contribution >= 0.6 is 0 Å². The van der Waals surface area contributed by atoms with Gasteiger partial charge in [-0.1, -0.05) is 18.9 Å². The molecule has 6 nitrogen and oxygen atoms in total. The summed E-state index contributed by atoms with van der Waals surface area (Å²) in [6, 6.07) is 8.58. The summed E-state index contributed by atoms with van der Waals surface area (Å²) in [5, 5.41) is 15.1. The highest BCUT2D eigenvalue weighted by molar-refractivity contribution is 5.59. The van der Waals surface area contributed by atoms with E-state index < -0.39 is 0 Å². The third-order valence-corrected chi connectivity index (χ3v) is 4.85. The number of hydrogen-bond acceptors (Lipinski definition) is 6. The highest BCUT2D eigenvalue weighted by atomic mass is 15.2. The fraction of sp³-hybridized carbons (Fsp3) is 0.500. The predicted molar refractivity (Wildman–Crippen MR) is 95.4 cm³/mol. The molecule has 0 bridgehead atoms. The van der Waals surface area contributed by atoms with Crippen molar-refractivity contribution in [1.82, 2.24) is 15.2 Å². The van der Waals surface area contributed by atoms with Gasteiger partial charge in [0.15, 0.2) is 5.82 Å². The van der Waals surface area contributed by atoms with Gasteiger partial charge >= 0.3 is 0 Å². The first-order valence-corrected chi connectivity index (χ1v) is 8.87. The summed E-state index contributed by atoms with van der Waals surface area (Å²) in [6.07, 6.45) is 8.82. The van der Waals surface area contributed by atoms with Gasteiger partial charge in [-0.25, -0.2) is 4.98 Å². The maximum atomic E-state index is 6.20. The third-order valence-electron chi connectivity index (χ3n) is 4.85. The van der Waals surface area contributed by atoms with Crippen LogP contribution in [-0.4, -0.2) is 27.3 Å². The zero-order valence-electron chi connectivity index (χ0n) is 13.8. The van der Waals surface area contributed by atoms with Gasteiger partial charge in [0.25, 0.3) is 0 Å². The number of anilines is 3. The van der Waals surface area contributed by atoms with E-state index in [0.29, 0.717) is 5.92 Å². The Kier molecular flexibility index (Phi) is 4.30. The van der Waals surface area contributed by atoms with E-state index in [4.69, 9.17) is 5.73 Å². The summed E-state index contributed by atoms with van der Waals surface area (Å²) in [5.74, 6) is 2.26. The fourth-order valence-corrected chi connectivity index (χ4v) is 3.31. The van der Waals surface area contributed by atoms with E-state index >= 15 is 0 Å². The second-order valence-electron chi connectivity index (χ2n) is 6.88. The summed E-state index contributed by atoms with van der Waals surface area (Å²) in [5.41, 5.74) is 8.26. The fourth-order valence-electron chi connectivity index (χ4n) is 3.31. The van der Waals surface area contributed by atoms with Gasteiger partial charge in [0, 0.05) is 29.8 Å². The van der Waals surface area contributed by atoms with Crippen LogP contribution in [0.5, 0.6) is 0 Å². The van der Waals surface area contributed by atoms with E-state index in [1.54, 1.807) is 6.20 Å². The maximum absolute atomic E-state index is 6.20. The molecule has 2 fully saturated rings. The molecule has 2 heterocycles. The van der Waals surface area contributed by atoms with Gasteiger partial charge in [0.05, 0.1) is 11.9 Å². The van der Waals surface area contributed by atoms with Gasteiger partial charge in [-0.05, 0) is 37.8 Å². The van der Waals surface area contributed by atoms with E-state index in [0.717, 1.165) is 30.2 Å². The molecule has 0 aliphatic heterocycles. The number of nitrogens with two attached hydrogens (primary N) is 1. The largest absolute Gasteiger partial charge is 0.364 e. The molecular formula is C18H24N6. The number of nitrogens with zero attached hydrogens (tertiary/aromatic N) is 3. The monoisotopic (exact) mass is 324 g/mol. The number of rotatable bonds is 5. The molecule has 2 aliphatic carbocycles. The maximum Gasteiger partial charge on any atom is 0.150 e. The second-order valence-corrected chi connectivity index (χ2v) is 6.88. The molecule has 24 heavy (non-hydrogen) atoms. The van der Waals surface area contributed by atoms with Crippen molar-refractivity contribution in [2.24, 2.45) is 5.73 Å². The lowest BCUT2D eigenvalue weighted by molar-refractivity contribution is 0.403. The van der Waals surface area contributed by atoms with Crippen molar-refractivity contribution in [2.75, 3.05) is 10.6 Å². The van der Waals surface area contributed by atoms with Crippen LogP contribution in [0.3, 0.4) is 0 Å². The van der Waals surface area contributed by atoms with E-state index in [-0.39, 0.29) is 12.1 Å². The summed E-state index contributed by atoms with van der Waals surface area (Å²) < 4.78 is 0. The highest BCUT2D eigenvalue weighted by Crippen LogP contribution is 2.39. The van der Waals surface area contributed by atoms with Crippen molar-refractivity contribution >= 4 is 17.3 Å². The zero-order chi connectivity index (χ0) is 16.4.